The van der Waals surface area contributed by atoms with Gasteiger partial charge in [0.25, 0.3) is 0 Å². The summed E-state index contributed by atoms with van der Waals surface area (Å²) in [7, 11) is 2.19. The predicted octanol–water partition coefficient (Wildman–Crippen LogP) is 2.59. The van der Waals surface area contributed by atoms with Gasteiger partial charge in [-0.2, -0.15) is 0 Å². The van der Waals surface area contributed by atoms with Crippen LogP contribution in [0.25, 0.3) is 10.8 Å². The lowest BCUT2D eigenvalue weighted by molar-refractivity contribution is 0.313. The summed E-state index contributed by atoms with van der Waals surface area (Å²) in [4.78, 5) is 4.89. The molecule has 1 aliphatic rings. The molecule has 1 heterocycles. The Morgan fingerprint density at radius 3 is 2.35 bits per heavy atom. The Morgan fingerprint density at radius 2 is 1.53 bits per heavy atom. The van der Waals surface area contributed by atoms with Crippen LogP contribution in [0.1, 0.15) is 0 Å². The van der Waals surface area contributed by atoms with E-state index in [1.807, 2.05) is 0 Å². The summed E-state index contributed by atoms with van der Waals surface area (Å²) in [6, 6.07) is 15.2. The summed E-state index contributed by atoms with van der Waals surface area (Å²) >= 11 is 0. The summed E-state index contributed by atoms with van der Waals surface area (Å²) < 4.78 is 0. The lowest BCUT2D eigenvalue weighted by Gasteiger charge is -2.34. The predicted molar refractivity (Wildman–Crippen MR) is 73.7 cm³/mol. The van der Waals surface area contributed by atoms with Crippen LogP contribution in [0.3, 0.4) is 0 Å². The van der Waals surface area contributed by atoms with E-state index >= 15 is 0 Å². The highest BCUT2D eigenvalue weighted by molar-refractivity contribution is 5.94. The second-order valence-corrected chi connectivity index (χ2v) is 4.79. The van der Waals surface area contributed by atoms with Crippen LogP contribution >= 0.6 is 0 Å². The van der Waals surface area contributed by atoms with E-state index in [9.17, 15) is 0 Å². The molecule has 0 atom stereocenters. The van der Waals surface area contributed by atoms with Crippen molar-refractivity contribution >= 4 is 16.5 Å². The molecular formula is C15H18N2. The first-order valence-corrected chi connectivity index (χ1v) is 6.26. The molecule has 0 aromatic heterocycles. The Hall–Kier alpha value is -1.54. The number of nitrogens with zero attached hydrogens (tertiary/aromatic N) is 2. The average molecular weight is 226 g/mol. The van der Waals surface area contributed by atoms with Crippen LogP contribution in [0.15, 0.2) is 42.5 Å². The molecule has 0 N–H and O–H groups in total. The van der Waals surface area contributed by atoms with E-state index in [4.69, 9.17) is 0 Å². The van der Waals surface area contributed by atoms with Crippen molar-refractivity contribution < 1.29 is 0 Å². The number of piperazine rings is 1. The van der Waals surface area contributed by atoms with Crippen LogP contribution in [-0.4, -0.2) is 38.1 Å². The molecule has 3 rings (SSSR count). The highest BCUT2D eigenvalue weighted by Gasteiger charge is 2.15. The number of likely N-dealkylation sites (N-methyl/N-ethyl adjacent to an activating group) is 1. The third kappa shape index (κ3) is 2.01. The molecule has 88 valence electrons. The summed E-state index contributed by atoms with van der Waals surface area (Å²) in [5.74, 6) is 0. The molecule has 2 heteroatoms. The van der Waals surface area contributed by atoms with Gasteiger partial charge in [-0.25, -0.2) is 0 Å². The van der Waals surface area contributed by atoms with E-state index in [1.54, 1.807) is 0 Å². The molecule has 1 saturated heterocycles. The number of fused-ring (bicyclic) bond motifs is 1. The molecule has 0 amide bonds. The smallest absolute Gasteiger partial charge is 0.0446 e. The number of benzene rings is 2. The van der Waals surface area contributed by atoms with Gasteiger partial charge in [0.05, 0.1) is 0 Å². The summed E-state index contributed by atoms with van der Waals surface area (Å²) in [6.45, 7) is 4.57. The lowest BCUT2D eigenvalue weighted by atomic mass is 10.1. The summed E-state index contributed by atoms with van der Waals surface area (Å²) in [5.41, 5.74) is 1.39. The monoisotopic (exact) mass is 226 g/mol. The van der Waals surface area contributed by atoms with Gasteiger partial charge in [0.15, 0.2) is 0 Å². The third-order valence-corrected chi connectivity index (χ3v) is 3.61. The zero-order valence-corrected chi connectivity index (χ0v) is 10.3. The zero-order chi connectivity index (χ0) is 11.7. The molecule has 1 fully saturated rings. The minimum absolute atomic E-state index is 1.13. The highest BCUT2D eigenvalue weighted by atomic mass is 15.2. The fourth-order valence-corrected chi connectivity index (χ4v) is 2.53. The van der Waals surface area contributed by atoms with Crippen LogP contribution < -0.4 is 4.90 Å². The van der Waals surface area contributed by atoms with Crippen molar-refractivity contribution in [1.29, 1.82) is 0 Å². The highest BCUT2D eigenvalue weighted by Crippen LogP contribution is 2.27. The van der Waals surface area contributed by atoms with Crippen LogP contribution in [0.4, 0.5) is 5.69 Å². The minimum Gasteiger partial charge on any atom is -0.368 e. The molecule has 2 aromatic rings. The molecule has 0 bridgehead atoms. The van der Waals surface area contributed by atoms with Crippen LogP contribution in [0.2, 0.25) is 0 Å². The van der Waals surface area contributed by atoms with Crippen molar-refractivity contribution in [2.24, 2.45) is 0 Å². The van der Waals surface area contributed by atoms with Crippen molar-refractivity contribution in [2.45, 2.75) is 0 Å². The maximum atomic E-state index is 2.50. The number of rotatable bonds is 1. The molecule has 0 aliphatic carbocycles. The first-order valence-electron chi connectivity index (χ1n) is 6.26. The van der Waals surface area contributed by atoms with Crippen molar-refractivity contribution in [3.63, 3.8) is 0 Å². The molecule has 2 nitrogen and oxygen atoms in total. The van der Waals surface area contributed by atoms with Crippen molar-refractivity contribution in [1.82, 2.24) is 4.90 Å². The Morgan fingerprint density at radius 1 is 0.824 bits per heavy atom. The second kappa shape index (κ2) is 4.38. The molecule has 0 radical (unpaired) electrons. The maximum absolute atomic E-state index is 2.50. The van der Waals surface area contributed by atoms with Gasteiger partial charge in [0.1, 0.15) is 0 Å². The van der Waals surface area contributed by atoms with Crippen LogP contribution in [0.5, 0.6) is 0 Å². The second-order valence-electron chi connectivity index (χ2n) is 4.79. The SMILES string of the molecule is CN1CCN(c2cccc3ccccc23)CC1. The van der Waals surface area contributed by atoms with Crippen molar-refractivity contribution in [3.8, 4) is 0 Å². The Balaban J connectivity index is 2.00. The number of hydrogen-bond acceptors (Lipinski definition) is 2. The van der Waals surface area contributed by atoms with E-state index in [2.05, 4.69) is 59.3 Å². The first-order chi connectivity index (χ1) is 8.34. The van der Waals surface area contributed by atoms with Gasteiger partial charge in [-0.3, -0.25) is 0 Å². The van der Waals surface area contributed by atoms with Gasteiger partial charge in [-0.05, 0) is 18.5 Å². The molecule has 2 aromatic carbocycles. The third-order valence-electron chi connectivity index (χ3n) is 3.61. The van der Waals surface area contributed by atoms with Crippen molar-refractivity contribution in [3.05, 3.63) is 42.5 Å². The van der Waals surface area contributed by atoms with E-state index < -0.39 is 0 Å². The fourth-order valence-electron chi connectivity index (χ4n) is 2.53. The molecule has 0 saturated carbocycles. The Labute approximate surface area is 102 Å². The summed E-state index contributed by atoms with van der Waals surface area (Å²) in [5, 5.41) is 2.71. The minimum atomic E-state index is 1.13. The number of anilines is 1. The van der Waals surface area contributed by atoms with Crippen LogP contribution in [-0.2, 0) is 0 Å². The largest absolute Gasteiger partial charge is 0.368 e. The standard InChI is InChI=1S/C15H18N2/c1-16-9-11-17(12-10-16)15-8-4-6-13-5-2-3-7-14(13)15/h2-8H,9-12H2,1H3. The average Bonchev–Trinajstić information content (AvgIpc) is 2.39. The quantitative estimate of drug-likeness (QED) is 0.737. The Bertz CT molecular complexity index is 508. The first kappa shape index (κ1) is 10.6. The van der Waals surface area contributed by atoms with Gasteiger partial charge >= 0.3 is 0 Å². The van der Waals surface area contributed by atoms with Crippen molar-refractivity contribution in [2.75, 3.05) is 38.1 Å². The Kier molecular flexibility index (Phi) is 2.73. The molecule has 1 aliphatic heterocycles. The van der Waals surface area contributed by atoms with E-state index in [1.165, 1.54) is 16.5 Å². The van der Waals surface area contributed by atoms with Gasteiger partial charge < -0.3 is 9.80 Å². The van der Waals surface area contributed by atoms with Gasteiger partial charge in [-0.15, -0.1) is 0 Å². The fraction of sp³-hybridized carbons (Fsp3) is 0.333. The van der Waals surface area contributed by atoms with E-state index in [0.29, 0.717) is 0 Å². The summed E-state index contributed by atoms with van der Waals surface area (Å²) in [6.07, 6.45) is 0. The maximum Gasteiger partial charge on any atom is 0.0446 e. The lowest BCUT2D eigenvalue weighted by Crippen LogP contribution is -2.44. The normalized spacial score (nSPS) is 17.6. The zero-order valence-electron chi connectivity index (χ0n) is 10.3. The van der Waals surface area contributed by atoms with E-state index in [0.717, 1.165) is 26.2 Å². The van der Waals surface area contributed by atoms with Gasteiger partial charge in [-0.1, -0.05) is 36.4 Å². The molecule has 0 unspecified atom stereocenters. The van der Waals surface area contributed by atoms with Gasteiger partial charge in [0, 0.05) is 37.3 Å². The number of hydrogen-bond donors (Lipinski definition) is 0. The topological polar surface area (TPSA) is 6.48 Å². The molecule has 0 spiro atoms. The molecular weight excluding hydrogens is 208 g/mol. The van der Waals surface area contributed by atoms with Gasteiger partial charge in [0.2, 0.25) is 0 Å². The van der Waals surface area contributed by atoms with E-state index in [-0.39, 0.29) is 0 Å². The van der Waals surface area contributed by atoms with Crippen LogP contribution in [0, 0.1) is 0 Å². The molecule has 17 heavy (non-hydrogen) atoms.